The molecule has 0 aromatic heterocycles. The van der Waals surface area contributed by atoms with Gasteiger partial charge in [-0.05, 0) is 44.7 Å². The molecule has 1 aromatic rings. The fourth-order valence-corrected chi connectivity index (χ4v) is 3.23. The van der Waals surface area contributed by atoms with E-state index >= 15 is 0 Å². The number of halogens is 2. The number of benzene rings is 1. The van der Waals surface area contributed by atoms with Gasteiger partial charge in [0.15, 0.2) is 0 Å². The Hall–Kier alpha value is -1.69. The summed E-state index contributed by atoms with van der Waals surface area (Å²) in [6.07, 6.45) is -0.288. The normalized spacial score (nSPS) is 26.1. The van der Waals surface area contributed by atoms with Crippen LogP contribution in [0.1, 0.15) is 26.3 Å². The molecule has 2 aliphatic rings. The Labute approximate surface area is 134 Å². The van der Waals surface area contributed by atoms with Gasteiger partial charge in [-0.3, -0.25) is 0 Å². The van der Waals surface area contributed by atoms with Gasteiger partial charge in [0.05, 0.1) is 0 Å². The number of carbonyl (C=O) groups is 1. The quantitative estimate of drug-likeness (QED) is 0.929. The van der Waals surface area contributed by atoms with E-state index in [4.69, 9.17) is 4.74 Å². The molecule has 1 amide bonds. The summed E-state index contributed by atoms with van der Waals surface area (Å²) in [5, 5.41) is 3.21. The highest BCUT2D eigenvalue weighted by Crippen LogP contribution is 2.46. The molecule has 0 radical (unpaired) electrons. The third-order valence-corrected chi connectivity index (χ3v) is 4.42. The molecule has 1 saturated carbocycles. The molecule has 0 spiro atoms. The van der Waals surface area contributed by atoms with Gasteiger partial charge < -0.3 is 15.0 Å². The molecule has 1 aliphatic carbocycles. The van der Waals surface area contributed by atoms with Crippen molar-refractivity contribution in [2.45, 2.75) is 39.0 Å². The first-order valence-electron chi connectivity index (χ1n) is 7.90. The van der Waals surface area contributed by atoms with Crippen LogP contribution in [0.4, 0.5) is 13.6 Å². The molecule has 3 rings (SSSR count). The van der Waals surface area contributed by atoms with Crippen molar-refractivity contribution in [3.8, 4) is 0 Å². The van der Waals surface area contributed by atoms with Gasteiger partial charge >= 0.3 is 6.09 Å². The van der Waals surface area contributed by atoms with E-state index in [0.29, 0.717) is 24.9 Å². The van der Waals surface area contributed by atoms with Crippen LogP contribution >= 0.6 is 0 Å². The standard InChI is InChI=1S/C17H22F2N2O2/c1-17(2,3)23-16(22)21-8-11-12(9-21)15(11)20-7-10-13(18)5-4-6-14(10)19/h4-6,11-12,15,20H,7-9H2,1-3H3. The van der Waals surface area contributed by atoms with E-state index < -0.39 is 17.2 Å². The van der Waals surface area contributed by atoms with Crippen molar-refractivity contribution in [2.75, 3.05) is 13.1 Å². The summed E-state index contributed by atoms with van der Waals surface area (Å²) >= 11 is 0. The van der Waals surface area contributed by atoms with Gasteiger partial charge in [-0.2, -0.15) is 0 Å². The van der Waals surface area contributed by atoms with Crippen molar-refractivity contribution in [2.24, 2.45) is 11.8 Å². The number of likely N-dealkylation sites (tertiary alicyclic amines) is 1. The summed E-state index contributed by atoms with van der Waals surface area (Å²) < 4.78 is 32.5. The van der Waals surface area contributed by atoms with Gasteiger partial charge in [0.25, 0.3) is 0 Å². The molecule has 2 atom stereocenters. The predicted molar refractivity (Wildman–Crippen MR) is 81.8 cm³/mol. The summed E-state index contributed by atoms with van der Waals surface area (Å²) in [5.41, 5.74) is -0.425. The lowest BCUT2D eigenvalue weighted by atomic mass is 10.2. The van der Waals surface area contributed by atoms with Crippen LogP contribution in [0.2, 0.25) is 0 Å². The minimum atomic E-state index is -0.529. The first-order chi connectivity index (χ1) is 10.8. The number of piperidine rings is 1. The van der Waals surface area contributed by atoms with Crippen molar-refractivity contribution in [3.63, 3.8) is 0 Å². The largest absolute Gasteiger partial charge is 0.444 e. The number of ether oxygens (including phenoxy) is 1. The van der Waals surface area contributed by atoms with E-state index in [2.05, 4.69) is 5.32 Å². The zero-order valence-corrected chi connectivity index (χ0v) is 13.6. The van der Waals surface area contributed by atoms with E-state index in [0.717, 1.165) is 0 Å². The van der Waals surface area contributed by atoms with Gasteiger partial charge in [0, 0.05) is 31.2 Å². The molecule has 1 aliphatic heterocycles. The average molecular weight is 324 g/mol. The number of carbonyl (C=O) groups excluding carboxylic acids is 1. The number of amides is 1. The Morgan fingerprint density at radius 2 is 1.83 bits per heavy atom. The first-order valence-corrected chi connectivity index (χ1v) is 7.90. The zero-order valence-electron chi connectivity index (χ0n) is 13.6. The van der Waals surface area contributed by atoms with E-state index in [1.807, 2.05) is 20.8 Å². The highest BCUT2D eigenvalue weighted by Gasteiger charge is 2.56. The molecular weight excluding hydrogens is 302 g/mol. The van der Waals surface area contributed by atoms with Crippen LogP contribution in [-0.2, 0) is 11.3 Å². The van der Waals surface area contributed by atoms with Gasteiger partial charge in [-0.1, -0.05) is 6.07 Å². The smallest absolute Gasteiger partial charge is 0.410 e. The fraction of sp³-hybridized carbons (Fsp3) is 0.588. The monoisotopic (exact) mass is 324 g/mol. The van der Waals surface area contributed by atoms with Crippen LogP contribution in [0.5, 0.6) is 0 Å². The Bertz CT molecular complexity index is 583. The maximum Gasteiger partial charge on any atom is 0.410 e. The van der Waals surface area contributed by atoms with Gasteiger partial charge in [-0.15, -0.1) is 0 Å². The van der Waals surface area contributed by atoms with Crippen LogP contribution in [0.15, 0.2) is 18.2 Å². The van der Waals surface area contributed by atoms with Crippen molar-refractivity contribution in [3.05, 3.63) is 35.4 Å². The lowest BCUT2D eigenvalue weighted by molar-refractivity contribution is 0.0269. The van der Waals surface area contributed by atoms with Crippen LogP contribution < -0.4 is 5.32 Å². The minimum absolute atomic E-state index is 0.0708. The van der Waals surface area contributed by atoms with Crippen molar-refractivity contribution in [1.82, 2.24) is 10.2 Å². The molecular formula is C17H22F2N2O2. The number of rotatable bonds is 3. The Morgan fingerprint density at radius 1 is 1.26 bits per heavy atom. The zero-order chi connectivity index (χ0) is 16.8. The van der Waals surface area contributed by atoms with Crippen LogP contribution in [0, 0.1) is 23.5 Å². The maximum atomic E-state index is 13.6. The SMILES string of the molecule is CC(C)(C)OC(=O)N1CC2C(C1)C2NCc1c(F)cccc1F. The summed E-state index contributed by atoms with van der Waals surface area (Å²) in [4.78, 5) is 13.7. The maximum absolute atomic E-state index is 13.6. The molecule has 1 saturated heterocycles. The second-order valence-electron chi connectivity index (χ2n) is 7.32. The number of hydrogen-bond donors (Lipinski definition) is 1. The topological polar surface area (TPSA) is 41.6 Å². The van der Waals surface area contributed by atoms with E-state index in [9.17, 15) is 13.6 Å². The van der Waals surface area contributed by atoms with Crippen molar-refractivity contribution < 1.29 is 18.3 Å². The number of nitrogens with one attached hydrogen (secondary N) is 1. The molecule has 2 unspecified atom stereocenters. The summed E-state index contributed by atoms with van der Waals surface area (Å²) in [5.74, 6) is -0.368. The molecule has 1 aromatic carbocycles. The van der Waals surface area contributed by atoms with Gasteiger partial charge in [0.1, 0.15) is 17.2 Å². The molecule has 2 fully saturated rings. The Morgan fingerprint density at radius 3 is 2.35 bits per heavy atom. The van der Waals surface area contributed by atoms with Crippen LogP contribution in [-0.4, -0.2) is 35.7 Å². The van der Waals surface area contributed by atoms with E-state index in [1.165, 1.54) is 18.2 Å². The van der Waals surface area contributed by atoms with Crippen molar-refractivity contribution in [1.29, 1.82) is 0 Å². The fourth-order valence-electron chi connectivity index (χ4n) is 3.23. The molecule has 1 heterocycles. The molecule has 23 heavy (non-hydrogen) atoms. The summed E-state index contributed by atoms with van der Waals surface area (Å²) in [6.45, 7) is 6.97. The first kappa shape index (κ1) is 16.2. The second kappa shape index (κ2) is 5.74. The molecule has 4 nitrogen and oxygen atoms in total. The average Bonchev–Trinajstić information content (AvgIpc) is 2.89. The summed E-state index contributed by atoms with van der Waals surface area (Å²) in [6, 6.07) is 4.10. The van der Waals surface area contributed by atoms with Crippen LogP contribution in [0.25, 0.3) is 0 Å². The van der Waals surface area contributed by atoms with Crippen LogP contribution in [0.3, 0.4) is 0 Å². The van der Waals surface area contributed by atoms with Gasteiger partial charge in [0.2, 0.25) is 0 Å². The Balaban J connectivity index is 1.48. The second-order valence-corrected chi connectivity index (χ2v) is 7.32. The molecule has 1 N–H and O–H groups in total. The predicted octanol–water partition coefficient (Wildman–Crippen LogP) is 2.92. The van der Waals surface area contributed by atoms with E-state index in [-0.39, 0.29) is 24.2 Å². The molecule has 126 valence electrons. The number of nitrogens with zero attached hydrogens (tertiary/aromatic N) is 1. The number of hydrogen-bond acceptors (Lipinski definition) is 3. The van der Waals surface area contributed by atoms with Crippen molar-refractivity contribution >= 4 is 6.09 Å². The molecule has 0 bridgehead atoms. The highest BCUT2D eigenvalue weighted by atomic mass is 19.1. The lowest BCUT2D eigenvalue weighted by Gasteiger charge is -2.26. The summed E-state index contributed by atoms with van der Waals surface area (Å²) in [7, 11) is 0. The van der Waals surface area contributed by atoms with E-state index in [1.54, 1.807) is 4.90 Å². The number of fused-ring (bicyclic) bond motifs is 1. The third kappa shape index (κ3) is 3.47. The van der Waals surface area contributed by atoms with Gasteiger partial charge in [-0.25, -0.2) is 13.6 Å². The lowest BCUT2D eigenvalue weighted by Crippen LogP contribution is -2.39. The third-order valence-electron chi connectivity index (χ3n) is 4.42. The Kier molecular flexibility index (Phi) is 4.04. The highest BCUT2D eigenvalue weighted by molar-refractivity contribution is 5.69. The minimum Gasteiger partial charge on any atom is -0.444 e. The molecule has 6 heteroatoms.